The van der Waals surface area contributed by atoms with Crippen LogP contribution in [-0.2, 0) is 0 Å². The molecule has 2 rings (SSSR count). The van der Waals surface area contributed by atoms with Crippen LogP contribution in [0.25, 0.3) is 11.1 Å². The Morgan fingerprint density at radius 3 is 2.90 bits per heavy atom. The van der Waals surface area contributed by atoms with Crippen LogP contribution in [0.2, 0.25) is 5.15 Å². The van der Waals surface area contributed by atoms with Gasteiger partial charge in [0.05, 0.1) is 5.69 Å². The number of nitrogens with two attached hydrogens (primary N) is 1. The van der Waals surface area contributed by atoms with Gasteiger partial charge in [-0.3, -0.25) is 0 Å². The molecule has 102 valence electrons. The molecule has 0 aliphatic rings. The molecule has 0 aromatic carbocycles. The molecule has 0 spiro atoms. The fourth-order valence-corrected chi connectivity index (χ4v) is 1.94. The lowest BCUT2D eigenvalue weighted by atomic mass is 10.0. The van der Waals surface area contributed by atoms with E-state index in [1.807, 2.05) is 26.0 Å². The Labute approximate surface area is 123 Å². The predicted octanol–water partition coefficient (Wildman–Crippen LogP) is 3.97. The van der Waals surface area contributed by atoms with Gasteiger partial charge in [0.25, 0.3) is 0 Å². The number of halogens is 1. The lowest BCUT2D eigenvalue weighted by Gasteiger charge is -2.09. The Balaban J connectivity index is 2.52. The first-order valence-electron chi connectivity index (χ1n) is 6.07. The molecular formula is C15H15ClN4. The highest BCUT2D eigenvalue weighted by Crippen LogP contribution is 2.31. The van der Waals surface area contributed by atoms with Crippen molar-refractivity contribution in [3.05, 3.63) is 47.9 Å². The topological polar surface area (TPSA) is 64.2 Å². The number of anilines is 1. The van der Waals surface area contributed by atoms with E-state index in [4.69, 9.17) is 17.3 Å². The van der Waals surface area contributed by atoms with E-state index in [9.17, 15) is 0 Å². The number of aromatic nitrogens is 2. The first-order valence-corrected chi connectivity index (χ1v) is 6.45. The van der Waals surface area contributed by atoms with Crippen LogP contribution in [0.3, 0.4) is 0 Å². The summed E-state index contributed by atoms with van der Waals surface area (Å²) >= 11 is 5.91. The van der Waals surface area contributed by atoms with Gasteiger partial charge in [0.15, 0.2) is 11.0 Å². The number of pyridine rings is 2. The number of nitrogen functional groups attached to an aromatic ring is 1. The molecule has 0 saturated heterocycles. The number of aliphatic imine (C=N–C) groups is 1. The summed E-state index contributed by atoms with van der Waals surface area (Å²) in [7, 11) is 0. The van der Waals surface area contributed by atoms with Gasteiger partial charge in [0.2, 0.25) is 0 Å². The smallest absolute Gasteiger partial charge is 0.152 e. The second-order valence-corrected chi connectivity index (χ2v) is 4.72. The van der Waals surface area contributed by atoms with Gasteiger partial charge in [-0.1, -0.05) is 18.2 Å². The Hall–Kier alpha value is -2.20. The summed E-state index contributed by atoms with van der Waals surface area (Å²) in [5.74, 6) is 0.618. The normalized spacial score (nSPS) is 11.4. The molecule has 0 fully saturated rings. The number of hydrogen-bond donors (Lipinski definition) is 1. The molecule has 0 atom stereocenters. The molecule has 0 amide bonds. The molecule has 5 heteroatoms. The van der Waals surface area contributed by atoms with E-state index in [-0.39, 0.29) is 0 Å². The standard InChI is InChI=1S/C15H15ClN4/c1-4-9(2)20-13-7-11(5-6-18-13)12-8-19-15(16)14(17)10(12)3/h4-8H,1,17H2,2-3H3. The summed E-state index contributed by atoms with van der Waals surface area (Å²) in [6, 6.07) is 3.77. The van der Waals surface area contributed by atoms with E-state index in [1.165, 1.54) is 0 Å². The third kappa shape index (κ3) is 2.86. The monoisotopic (exact) mass is 286 g/mol. The molecule has 0 aliphatic carbocycles. The van der Waals surface area contributed by atoms with Crippen molar-refractivity contribution in [2.75, 3.05) is 5.73 Å². The largest absolute Gasteiger partial charge is 0.396 e. The fourth-order valence-electron chi connectivity index (χ4n) is 1.75. The van der Waals surface area contributed by atoms with Gasteiger partial charge in [-0.05, 0) is 43.2 Å². The second kappa shape index (κ2) is 5.84. The van der Waals surface area contributed by atoms with Crippen molar-refractivity contribution in [1.82, 2.24) is 9.97 Å². The zero-order valence-electron chi connectivity index (χ0n) is 11.4. The van der Waals surface area contributed by atoms with Crippen molar-refractivity contribution in [3.8, 4) is 11.1 Å². The number of nitrogens with zero attached hydrogens (tertiary/aromatic N) is 3. The van der Waals surface area contributed by atoms with Crippen LogP contribution in [0.1, 0.15) is 12.5 Å². The minimum Gasteiger partial charge on any atom is -0.396 e. The average molecular weight is 287 g/mol. The summed E-state index contributed by atoms with van der Waals surface area (Å²) < 4.78 is 0. The van der Waals surface area contributed by atoms with Crippen LogP contribution in [0.5, 0.6) is 0 Å². The van der Waals surface area contributed by atoms with Gasteiger partial charge in [0.1, 0.15) is 0 Å². The number of hydrogen-bond acceptors (Lipinski definition) is 4. The van der Waals surface area contributed by atoms with Gasteiger partial charge in [-0.15, -0.1) is 0 Å². The maximum atomic E-state index is 5.91. The highest BCUT2D eigenvalue weighted by Gasteiger charge is 2.09. The number of rotatable bonds is 3. The predicted molar refractivity (Wildman–Crippen MR) is 84.6 cm³/mol. The van der Waals surface area contributed by atoms with Crippen molar-refractivity contribution < 1.29 is 0 Å². The first-order chi connectivity index (χ1) is 9.52. The van der Waals surface area contributed by atoms with Crippen LogP contribution in [-0.4, -0.2) is 15.7 Å². The molecule has 0 radical (unpaired) electrons. The van der Waals surface area contributed by atoms with E-state index < -0.39 is 0 Å². The number of allylic oxidation sites excluding steroid dienone is 1. The Morgan fingerprint density at radius 2 is 2.20 bits per heavy atom. The van der Waals surface area contributed by atoms with E-state index >= 15 is 0 Å². The minimum absolute atomic E-state index is 0.320. The van der Waals surface area contributed by atoms with Crippen molar-refractivity contribution in [2.45, 2.75) is 13.8 Å². The van der Waals surface area contributed by atoms with Crippen LogP contribution in [0, 0.1) is 6.92 Å². The summed E-state index contributed by atoms with van der Waals surface area (Å²) in [6.45, 7) is 7.46. The average Bonchev–Trinajstić information content (AvgIpc) is 2.45. The molecule has 2 aromatic rings. The van der Waals surface area contributed by atoms with E-state index in [0.717, 1.165) is 22.4 Å². The molecule has 2 N–H and O–H groups in total. The van der Waals surface area contributed by atoms with Crippen molar-refractivity contribution in [2.24, 2.45) is 4.99 Å². The van der Waals surface area contributed by atoms with Crippen LogP contribution in [0.15, 0.2) is 42.2 Å². The van der Waals surface area contributed by atoms with Crippen LogP contribution in [0.4, 0.5) is 11.5 Å². The molecule has 20 heavy (non-hydrogen) atoms. The molecule has 0 unspecified atom stereocenters. The van der Waals surface area contributed by atoms with Gasteiger partial charge in [0, 0.05) is 23.7 Å². The van der Waals surface area contributed by atoms with Crippen LogP contribution >= 0.6 is 11.6 Å². The van der Waals surface area contributed by atoms with Gasteiger partial charge in [-0.2, -0.15) is 0 Å². The quantitative estimate of drug-likeness (QED) is 0.686. The third-order valence-corrected chi connectivity index (χ3v) is 3.28. The summed E-state index contributed by atoms with van der Waals surface area (Å²) in [4.78, 5) is 12.6. The van der Waals surface area contributed by atoms with Crippen LogP contribution < -0.4 is 5.73 Å². The van der Waals surface area contributed by atoms with Crippen molar-refractivity contribution >= 4 is 28.8 Å². The van der Waals surface area contributed by atoms with Crippen molar-refractivity contribution in [3.63, 3.8) is 0 Å². The SMILES string of the molecule is C=CC(C)=Nc1cc(-c2cnc(Cl)c(N)c2C)ccn1. The molecular weight excluding hydrogens is 272 g/mol. The maximum absolute atomic E-state index is 5.91. The molecule has 2 heterocycles. The fraction of sp³-hybridized carbons (Fsp3) is 0.133. The maximum Gasteiger partial charge on any atom is 0.152 e. The zero-order valence-corrected chi connectivity index (χ0v) is 12.1. The molecule has 0 bridgehead atoms. The Kier molecular flexibility index (Phi) is 4.15. The summed E-state index contributed by atoms with van der Waals surface area (Å²) in [6.07, 6.45) is 5.09. The minimum atomic E-state index is 0.320. The lowest BCUT2D eigenvalue weighted by Crippen LogP contribution is -1.96. The Morgan fingerprint density at radius 1 is 1.45 bits per heavy atom. The highest BCUT2D eigenvalue weighted by atomic mass is 35.5. The van der Waals surface area contributed by atoms with Gasteiger partial charge < -0.3 is 5.73 Å². The zero-order chi connectivity index (χ0) is 14.7. The van der Waals surface area contributed by atoms with Crippen molar-refractivity contribution in [1.29, 1.82) is 0 Å². The molecule has 0 saturated carbocycles. The van der Waals surface area contributed by atoms with Gasteiger partial charge >= 0.3 is 0 Å². The summed E-state index contributed by atoms with van der Waals surface area (Å²) in [5, 5.41) is 0.320. The molecule has 4 nitrogen and oxygen atoms in total. The van der Waals surface area contributed by atoms with E-state index in [2.05, 4.69) is 21.5 Å². The first kappa shape index (κ1) is 14.2. The summed E-state index contributed by atoms with van der Waals surface area (Å²) in [5.41, 5.74) is 9.97. The molecule has 0 aliphatic heterocycles. The lowest BCUT2D eigenvalue weighted by molar-refractivity contribution is 1.25. The Bertz CT molecular complexity index is 692. The molecule has 2 aromatic heterocycles. The third-order valence-electron chi connectivity index (χ3n) is 2.98. The van der Waals surface area contributed by atoms with E-state index in [1.54, 1.807) is 18.5 Å². The highest BCUT2D eigenvalue weighted by molar-refractivity contribution is 6.32. The van der Waals surface area contributed by atoms with Gasteiger partial charge in [-0.25, -0.2) is 15.0 Å². The van der Waals surface area contributed by atoms with E-state index in [0.29, 0.717) is 16.7 Å². The second-order valence-electron chi connectivity index (χ2n) is 4.36.